The summed E-state index contributed by atoms with van der Waals surface area (Å²) in [5.74, 6) is 0.275. The molecule has 1 aliphatic rings. The maximum absolute atomic E-state index is 12.5. The second kappa shape index (κ2) is 5.56. The van der Waals surface area contributed by atoms with Gasteiger partial charge in [0.05, 0.1) is 5.56 Å². The molecular formula is C12H15F3N2O. The van der Waals surface area contributed by atoms with Crippen molar-refractivity contribution in [2.45, 2.75) is 31.5 Å². The summed E-state index contributed by atoms with van der Waals surface area (Å²) in [7, 11) is 0. The number of pyridine rings is 1. The summed E-state index contributed by atoms with van der Waals surface area (Å²) in [4.78, 5) is 3.93. The Morgan fingerprint density at radius 3 is 2.89 bits per heavy atom. The third-order valence-electron chi connectivity index (χ3n) is 2.89. The van der Waals surface area contributed by atoms with Crippen LogP contribution < -0.4 is 5.32 Å². The lowest BCUT2D eigenvalue weighted by Crippen LogP contribution is -2.20. The molecular weight excluding hydrogens is 245 g/mol. The molecule has 0 spiro atoms. The largest absolute Gasteiger partial charge is 0.416 e. The Bertz CT molecular complexity index is 387. The highest BCUT2D eigenvalue weighted by molar-refractivity contribution is 5.39. The van der Waals surface area contributed by atoms with Crippen molar-refractivity contribution in [3.8, 4) is 0 Å². The van der Waals surface area contributed by atoms with Crippen LogP contribution in [0.4, 0.5) is 19.0 Å². The summed E-state index contributed by atoms with van der Waals surface area (Å²) >= 11 is 0. The van der Waals surface area contributed by atoms with Gasteiger partial charge in [-0.25, -0.2) is 4.98 Å². The first-order valence-electron chi connectivity index (χ1n) is 5.93. The highest BCUT2D eigenvalue weighted by Gasteiger charge is 2.30. The Balaban J connectivity index is 2.04. The fraction of sp³-hybridized carbons (Fsp3) is 0.583. The van der Waals surface area contributed by atoms with Gasteiger partial charge in [-0.05, 0) is 31.4 Å². The van der Waals surface area contributed by atoms with Crippen LogP contribution in [0.5, 0.6) is 0 Å². The average molecular weight is 260 g/mol. The van der Waals surface area contributed by atoms with E-state index in [-0.39, 0.29) is 11.9 Å². The lowest BCUT2D eigenvalue weighted by molar-refractivity contribution is -0.137. The van der Waals surface area contributed by atoms with Crippen molar-refractivity contribution in [1.29, 1.82) is 0 Å². The molecule has 1 N–H and O–H groups in total. The van der Waals surface area contributed by atoms with Gasteiger partial charge in [-0.15, -0.1) is 0 Å². The van der Waals surface area contributed by atoms with Crippen LogP contribution in [0.3, 0.4) is 0 Å². The van der Waals surface area contributed by atoms with E-state index >= 15 is 0 Å². The van der Waals surface area contributed by atoms with Crippen LogP contribution >= 0.6 is 0 Å². The molecule has 1 fully saturated rings. The number of hydrogen-bond acceptors (Lipinski definition) is 3. The van der Waals surface area contributed by atoms with Crippen molar-refractivity contribution >= 4 is 5.82 Å². The predicted molar refractivity (Wildman–Crippen MR) is 61.3 cm³/mol. The van der Waals surface area contributed by atoms with Gasteiger partial charge in [0.2, 0.25) is 0 Å². The van der Waals surface area contributed by atoms with E-state index in [1.165, 1.54) is 6.20 Å². The van der Waals surface area contributed by atoms with Gasteiger partial charge in [-0.2, -0.15) is 13.2 Å². The van der Waals surface area contributed by atoms with Crippen molar-refractivity contribution in [1.82, 2.24) is 4.98 Å². The minimum atomic E-state index is -4.33. The smallest absolute Gasteiger partial charge is 0.381 e. The molecule has 3 nitrogen and oxygen atoms in total. The lowest BCUT2D eigenvalue weighted by Gasteiger charge is -2.17. The standard InChI is InChI=1S/C12H15F3N2O/c13-12(14,15)9-3-5-16-11(8-9)17-10-2-1-6-18-7-4-10/h3,5,8,10H,1-2,4,6-7H2,(H,16,17). The monoisotopic (exact) mass is 260 g/mol. The summed E-state index contributed by atoms with van der Waals surface area (Å²) < 4.78 is 42.9. The molecule has 0 bridgehead atoms. The number of aromatic nitrogens is 1. The molecule has 1 aromatic heterocycles. The van der Waals surface area contributed by atoms with E-state index < -0.39 is 11.7 Å². The Kier molecular flexibility index (Phi) is 4.06. The normalized spacial score (nSPS) is 21.4. The number of rotatable bonds is 2. The first kappa shape index (κ1) is 13.1. The average Bonchev–Trinajstić information content (AvgIpc) is 2.57. The van der Waals surface area contributed by atoms with Crippen LogP contribution in [0.1, 0.15) is 24.8 Å². The van der Waals surface area contributed by atoms with Crippen LogP contribution in [0.2, 0.25) is 0 Å². The Labute approximate surface area is 103 Å². The summed E-state index contributed by atoms with van der Waals surface area (Å²) in [6.07, 6.45) is -0.559. The summed E-state index contributed by atoms with van der Waals surface area (Å²) in [6, 6.07) is 2.15. The van der Waals surface area contributed by atoms with Gasteiger partial charge in [0, 0.05) is 25.5 Å². The minimum absolute atomic E-state index is 0.128. The fourth-order valence-electron chi connectivity index (χ4n) is 1.94. The Morgan fingerprint density at radius 1 is 1.28 bits per heavy atom. The van der Waals surface area contributed by atoms with Crippen LogP contribution in [0.15, 0.2) is 18.3 Å². The van der Waals surface area contributed by atoms with Gasteiger partial charge >= 0.3 is 6.18 Å². The van der Waals surface area contributed by atoms with Gasteiger partial charge in [0.1, 0.15) is 5.82 Å². The topological polar surface area (TPSA) is 34.2 Å². The van der Waals surface area contributed by atoms with Crippen molar-refractivity contribution in [3.05, 3.63) is 23.9 Å². The van der Waals surface area contributed by atoms with Gasteiger partial charge in [0.25, 0.3) is 0 Å². The van der Waals surface area contributed by atoms with Crippen molar-refractivity contribution < 1.29 is 17.9 Å². The molecule has 100 valence electrons. The molecule has 0 radical (unpaired) electrons. The number of nitrogens with zero attached hydrogens (tertiary/aromatic N) is 1. The predicted octanol–water partition coefficient (Wildman–Crippen LogP) is 3.08. The molecule has 18 heavy (non-hydrogen) atoms. The van der Waals surface area contributed by atoms with E-state index in [1.54, 1.807) is 0 Å². The summed E-state index contributed by atoms with van der Waals surface area (Å²) in [5.41, 5.74) is -0.676. The zero-order valence-electron chi connectivity index (χ0n) is 9.83. The van der Waals surface area contributed by atoms with Gasteiger partial charge in [-0.3, -0.25) is 0 Å². The van der Waals surface area contributed by atoms with E-state index in [2.05, 4.69) is 10.3 Å². The number of halogens is 3. The van der Waals surface area contributed by atoms with Crippen molar-refractivity contribution in [3.63, 3.8) is 0 Å². The number of ether oxygens (including phenoxy) is 1. The first-order chi connectivity index (χ1) is 8.55. The molecule has 6 heteroatoms. The van der Waals surface area contributed by atoms with Crippen molar-refractivity contribution in [2.24, 2.45) is 0 Å². The van der Waals surface area contributed by atoms with E-state index in [0.29, 0.717) is 13.2 Å². The van der Waals surface area contributed by atoms with Gasteiger partial charge in [0.15, 0.2) is 0 Å². The molecule has 0 saturated carbocycles. The van der Waals surface area contributed by atoms with Crippen LogP contribution in [-0.4, -0.2) is 24.2 Å². The molecule has 1 unspecified atom stereocenters. The Morgan fingerprint density at radius 2 is 2.11 bits per heavy atom. The molecule has 0 aliphatic carbocycles. The maximum atomic E-state index is 12.5. The second-order valence-corrected chi connectivity index (χ2v) is 4.31. The highest BCUT2D eigenvalue weighted by atomic mass is 19.4. The van der Waals surface area contributed by atoms with Gasteiger partial charge < -0.3 is 10.1 Å². The van der Waals surface area contributed by atoms with Crippen LogP contribution in [0.25, 0.3) is 0 Å². The van der Waals surface area contributed by atoms with E-state index in [9.17, 15) is 13.2 Å². The Hall–Kier alpha value is -1.30. The molecule has 1 saturated heterocycles. The number of alkyl halides is 3. The molecule has 1 atom stereocenters. The van der Waals surface area contributed by atoms with Crippen LogP contribution in [-0.2, 0) is 10.9 Å². The van der Waals surface area contributed by atoms with Gasteiger partial charge in [-0.1, -0.05) is 0 Å². The van der Waals surface area contributed by atoms with Crippen molar-refractivity contribution in [2.75, 3.05) is 18.5 Å². The summed E-state index contributed by atoms with van der Waals surface area (Å²) in [6.45, 7) is 1.35. The molecule has 0 aromatic carbocycles. The van der Waals surface area contributed by atoms with E-state index in [4.69, 9.17) is 4.74 Å². The SMILES string of the molecule is FC(F)(F)c1ccnc(NC2CCCOCC2)c1. The highest BCUT2D eigenvalue weighted by Crippen LogP contribution is 2.30. The quantitative estimate of drug-likeness (QED) is 0.887. The molecule has 1 aliphatic heterocycles. The third kappa shape index (κ3) is 3.60. The minimum Gasteiger partial charge on any atom is -0.381 e. The lowest BCUT2D eigenvalue weighted by atomic mass is 10.1. The zero-order chi connectivity index (χ0) is 13.0. The molecule has 1 aromatic rings. The maximum Gasteiger partial charge on any atom is 0.416 e. The third-order valence-corrected chi connectivity index (χ3v) is 2.89. The first-order valence-corrected chi connectivity index (χ1v) is 5.93. The van der Waals surface area contributed by atoms with Crippen LogP contribution in [0, 0.1) is 0 Å². The molecule has 0 amide bonds. The molecule has 2 heterocycles. The fourth-order valence-corrected chi connectivity index (χ4v) is 1.94. The number of nitrogens with one attached hydrogen (secondary N) is 1. The summed E-state index contributed by atoms with van der Waals surface area (Å²) in [5, 5.41) is 3.04. The van der Waals surface area contributed by atoms with E-state index in [1.807, 2.05) is 0 Å². The van der Waals surface area contributed by atoms with E-state index in [0.717, 1.165) is 31.4 Å². The molecule has 2 rings (SSSR count). The number of hydrogen-bond donors (Lipinski definition) is 1. The second-order valence-electron chi connectivity index (χ2n) is 4.31. The zero-order valence-corrected chi connectivity index (χ0v) is 9.83. The number of anilines is 1.